The fourth-order valence-electron chi connectivity index (χ4n) is 2.46. The fraction of sp³-hybridized carbons (Fsp3) is 0.158. The molecule has 1 atom stereocenters. The Bertz CT molecular complexity index is 971. The Morgan fingerprint density at radius 3 is 2.48 bits per heavy atom. The predicted octanol–water partition coefficient (Wildman–Crippen LogP) is 2.98. The molecule has 0 saturated heterocycles. The van der Waals surface area contributed by atoms with Crippen molar-refractivity contribution in [2.45, 2.75) is 24.3 Å². The summed E-state index contributed by atoms with van der Waals surface area (Å²) in [5.41, 5.74) is 1.90. The number of benzene rings is 2. The average Bonchev–Trinajstić information content (AvgIpc) is 2.98. The van der Waals surface area contributed by atoms with Crippen LogP contribution >= 0.6 is 11.8 Å². The van der Waals surface area contributed by atoms with Gasteiger partial charge in [-0.15, -0.1) is 10.2 Å². The zero-order chi connectivity index (χ0) is 19.4. The molecule has 138 valence electrons. The van der Waals surface area contributed by atoms with Crippen LogP contribution in [0.2, 0.25) is 0 Å². The van der Waals surface area contributed by atoms with E-state index in [1.165, 1.54) is 23.4 Å². The van der Waals surface area contributed by atoms with E-state index in [0.29, 0.717) is 22.2 Å². The van der Waals surface area contributed by atoms with Crippen LogP contribution in [0.1, 0.15) is 33.9 Å². The second-order valence-corrected chi connectivity index (χ2v) is 7.01. The summed E-state index contributed by atoms with van der Waals surface area (Å²) >= 11 is 1.21. The number of anilines is 1. The molecule has 8 heteroatoms. The Morgan fingerprint density at radius 2 is 1.85 bits per heavy atom. The van der Waals surface area contributed by atoms with Gasteiger partial charge < -0.3 is 11.2 Å². The lowest BCUT2D eigenvalue weighted by Crippen LogP contribution is -2.20. The summed E-state index contributed by atoms with van der Waals surface area (Å²) < 4.78 is 1.35. The Kier molecular flexibility index (Phi) is 5.56. The number of nitrogens with zero attached hydrogens (tertiary/aromatic N) is 3. The lowest BCUT2D eigenvalue weighted by atomic mass is 10.1. The zero-order valence-electron chi connectivity index (χ0n) is 14.9. The predicted molar refractivity (Wildman–Crippen MR) is 105 cm³/mol. The molecule has 0 aliphatic heterocycles. The fourth-order valence-corrected chi connectivity index (χ4v) is 3.46. The number of amides is 1. The summed E-state index contributed by atoms with van der Waals surface area (Å²) in [6, 6.07) is 16.2. The molecular weight excluding hydrogens is 362 g/mol. The second-order valence-electron chi connectivity index (χ2n) is 5.93. The van der Waals surface area contributed by atoms with Crippen molar-refractivity contribution in [3.05, 3.63) is 71.5 Å². The minimum atomic E-state index is -0.585. The van der Waals surface area contributed by atoms with Crippen LogP contribution < -0.4 is 11.2 Å². The molecule has 0 saturated carbocycles. The van der Waals surface area contributed by atoms with Crippen LogP contribution in [0, 0.1) is 6.92 Å². The van der Waals surface area contributed by atoms with Crippen molar-refractivity contribution in [3.8, 4) is 0 Å². The molecule has 0 aliphatic rings. The summed E-state index contributed by atoms with van der Waals surface area (Å²) in [4.78, 5) is 24.6. The van der Waals surface area contributed by atoms with E-state index >= 15 is 0 Å². The summed E-state index contributed by atoms with van der Waals surface area (Å²) in [7, 11) is 0. The van der Waals surface area contributed by atoms with Crippen LogP contribution in [0.5, 0.6) is 0 Å². The number of nitrogens with one attached hydrogen (secondary N) is 1. The van der Waals surface area contributed by atoms with Crippen molar-refractivity contribution >= 4 is 29.1 Å². The molecule has 2 aromatic carbocycles. The first kappa shape index (κ1) is 18.7. The molecule has 0 bridgehead atoms. The first-order valence-electron chi connectivity index (χ1n) is 8.26. The smallest absolute Gasteiger partial charge is 0.242 e. The van der Waals surface area contributed by atoms with Gasteiger partial charge in [-0.3, -0.25) is 9.59 Å². The Hall–Kier alpha value is -3.13. The van der Waals surface area contributed by atoms with Crippen LogP contribution in [0.25, 0.3) is 0 Å². The Morgan fingerprint density at radius 1 is 1.11 bits per heavy atom. The number of hydrogen-bond acceptors (Lipinski definition) is 6. The van der Waals surface area contributed by atoms with Gasteiger partial charge in [0.2, 0.25) is 11.1 Å². The van der Waals surface area contributed by atoms with Gasteiger partial charge in [0.05, 0.1) is 0 Å². The number of hydrogen-bond donors (Lipinski definition) is 2. The highest BCUT2D eigenvalue weighted by molar-refractivity contribution is 8.00. The molecule has 3 rings (SSSR count). The minimum Gasteiger partial charge on any atom is -0.336 e. The number of aryl methyl sites for hydroxylation is 1. The van der Waals surface area contributed by atoms with Crippen molar-refractivity contribution in [2.24, 2.45) is 0 Å². The molecular formula is C19H19N5O2S. The van der Waals surface area contributed by atoms with Crippen LogP contribution in [-0.4, -0.2) is 26.6 Å². The molecule has 3 N–H and O–H groups in total. The van der Waals surface area contributed by atoms with Gasteiger partial charge in [-0.25, -0.2) is 4.68 Å². The molecule has 0 aliphatic carbocycles. The number of thioether (sulfide) groups is 1. The molecule has 27 heavy (non-hydrogen) atoms. The number of nitrogens with two attached hydrogens (primary N) is 1. The lowest BCUT2D eigenvalue weighted by Gasteiger charge is -2.16. The molecule has 1 aromatic heterocycles. The second kappa shape index (κ2) is 8.05. The summed E-state index contributed by atoms with van der Waals surface area (Å²) in [6.07, 6.45) is 0. The highest BCUT2D eigenvalue weighted by Crippen LogP contribution is 2.35. The van der Waals surface area contributed by atoms with Crippen molar-refractivity contribution in [1.29, 1.82) is 0 Å². The average molecular weight is 381 g/mol. The monoisotopic (exact) mass is 381 g/mol. The third-order valence-electron chi connectivity index (χ3n) is 3.94. The molecule has 0 spiro atoms. The van der Waals surface area contributed by atoms with Crippen LogP contribution in [0.15, 0.2) is 59.8 Å². The molecule has 1 amide bonds. The third kappa shape index (κ3) is 4.35. The van der Waals surface area contributed by atoms with E-state index in [1.54, 1.807) is 31.2 Å². The number of carbonyl (C=O) groups is 2. The maximum Gasteiger partial charge on any atom is 0.242 e. The highest BCUT2D eigenvalue weighted by Gasteiger charge is 2.25. The quantitative estimate of drug-likeness (QED) is 0.387. The van der Waals surface area contributed by atoms with E-state index in [1.807, 2.05) is 30.3 Å². The van der Waals surface area contributed by atoms with Crippen LogP contribution in [0.4, 0.5) is 5.69 Å². The number of nitrogen functional groups attached to an aromatic ring is 1. The molecule has 7 nitrogen and oxygen atoms in total. The standard InChI is InChI=1S/C19H19N5O2S/c1-12(25)15-9-6-10-16(11-15)21-18(26)17(14-7-4-3-5-8-14)27-19-23-22-13(2)24(19)20/h3-11,17H,20H2,1-2H3,(H,21,26)/t17-/m0/s1. The minimum absolute atomic E-state index is 0.0632. The summed E-state index contributed by atoms with van der Waals surface area (Å²) in [6.45, 7) is 3.22. The SMILES string of the molecule is CC(=O)c1cccc(NC(=O)[C@@H](Sc2nnc(C)n2N)c2ccccc2)c1. The largest absolute Gasteiger partial charge is 0.336 e. The topological polar surface area (TPSA) is 103 Å². The first-order valence-corrected chi connectivity index (χ1v) is 9.14. The van der Waals surface area contributed by atoms with Crippen molar-refractivity contribution in [1.82, 2.24) is 14.9 Å². The van der Waals surface area contributed by atoms with E-state index in [0.717, 1.165) is 5.56 Å². The van der Waals surface area contributed by atoms with E-state index in [-0.39, 0.29) is 11.7 Å². The zero-order valence-corrected chi connectivity index (χ0v) is 15.7. The number of Topliss-reactive ketones (excluding diaryl/α,β-unsaturated/α-hetero) is 1. The summed E-state index contributed by atoms with van der Waals surface area (Å²) in [5, 5.41) is 10.7. The molecule has 1 heterocycles. The molecule has 0 fully saturated rings. The van der Waals surface area contributed by atoms with E-state index in [2.05, 4.69) is 15.5 Å². The van der Waals surface area contributed by atoms with E-state index in [9.17, 15) is 9.59 Å². The van der Waals surface area contributed by atoms with Crippen molar-refractivity contribution < 1.29 is 9.59 Å². The lowest BCUT2D eigenvalue weighted by molar-refractivity contribution is -0.115. The van der Waals surface area contributed by atoms with Gasteiger partial charge in [0, 0.05) is 11.3 Å². The van der Waals surface area contributed by atoms with E-state index in [4.69, 9.17) is 5.84 Å². The van der Waals surface area contributed by atoms with Gasteiger partial charge in [-0.2, -0.15) is 0 Å². The van der Waals surface area contributed by atoms with Gasteiger partial charge in [-0.05, 0) is 31.5 Å². The van der Waals surface area contributed by atoms with Crippen LogP contribution in [0.3, 0.4) is 0 Å². The molecule has 3 aromatic rings. The highest BCUT2D eigenvalue weighted by atomic mass is 32.2. The Labute approximate surface area is 161 Å². The summed E-state index contributed by atoms with van der Waals surface area (Å²) in [5.74, 6) is 6.18. The molecule has 0 radical (unpaired) electrons. The van der Waals surface area contributed by atoms with Crippen molar-refractivity contribution in [2.75, 3.05) is 11.2 Å². The van der Waals surface area contributed by atoms with Gasteiger partial charge in [0.25, 0.3) is 0 Å². The number of aromatic nitrogens is 3. The normalized spacial score (nSPS) is 11.8. The van der Waals surface area contributed by atoms with Gasteiger partial charge >= 0.3 is 0 Å². The first-order chi connectivity index (χ1) is 13.0. The number of carbonyl (C=O) groups excluding carboxylic acids is 2. The number of rotatable bonds is 6. The van der Waals surface area contributed by atoms with Gasteiger partial charge in [0.15, 0.2) is 5.78 Å². The van der Waals surface area contributed by atoms with E-state index < -0.39 is 5.25 Å². The number of ketones is 1. The maximum absolute atomic E-state index is 13.0. The third-order valence-corrected chi connectivity index (χ3v) is 5.15. The maximum atomic E-state index is 13.0. The molecule has 0 unspecified atom stereocenters. The van der Waals surface area contributed by atoms with Gasteiger partial charge in [-0.1, -0.05) is 54.2 Å². The Balaban J connectivity index is 1.88. The van der Waals surface area contributed by atoms with Crippen molar-refractivity contribution in [3.63, 3.8) is 0 Å². The van der Waals surface area contributed by atoms with Crippen LogP contribution in [-0.2, 0) is 4.79 Å². The van der Waals surface area contributed by atoms with Gasteiger partial charge in [0.1, 0.15) is 11.1 Å².